The zero-order valence-electron chi connectivity index (χ0n) is 10.8. The van der Waals surface area contributed by atoms with Gasteiger partial charge in [-0.25, -0.2) is 0 Å². The van der Waals surface area contributed by atoms with E-state index in [9.17, 15) is 4.79 Å². The van der Waals surface area contributed by atoms with E-state index in [1.165, 1.54) is 0 Å². The first-order valence-electron chi connectivity index (χ1n) is 6.21. The lowest BCUT2D eigenvalue weighted by atomic mass is 10.1. The summed E-state index contributed by atoms with van der Waals surface area (Å²) in [5.41, 5.74) is 0. The molecule has 100 valence electrons. The third-order valence-electron chi connectivity index (χ3n) is 2.69. The quantitative estimate of drug-likeness (QED) is 0.859. The standard InChI is InChI=1S/C15H17NO3/c1-11(17)9-16-15(18)10-19-14-7-6-12-4-2-3-5-13(12)8-14/h2-8,11,17H,9-10H2,1H3,(H,16,18). The third kappa shape index (κ3) is 3.96. The van der Waals surface area contributed by atoms with E-state index in [-0.39, 0.29) is 19.1 Å². The van der Waals surface area contributed by atoms with Crippen molar-refractivity contribution in [2.45, 2.75) is 13.0 Å². The van der Waals surface area contributed by atoms with Crippen molar-refractivity contribution in [1.82, 2.24) is 5.32 Å². The van der Waals surface area contributed by atoms with Crippen molar-refractivity contribution in [1.29, 1.82) is 0 Å². The Morgan fingerprint density at radius 3 is 2.74 bits per heavy atom. The predicted octanol–water partition coefficient (Wildman–Crippen LogP) is 1.72. The zero-order chi connectivity index (χ0) is 13.7. The maximum Gasteiger partial charge on any atom is 0.258 e. The summed E-state index contributed by atoms with van der Waals surface area (Å²) in [5, 5.41) is 13.8. The van der Waals surface area contributed by atoms with Gasteiger partial charge in [-0.2, -0.15) is 0 Å². The fourth-order valence-electron chi connectivity index (χ4n) is 1.72. The Balaban J connectivity index is 1.92. The second-order valence-corrected chi connectivity index (χ2v) is 4.45. The molecule has 0 radical (unpaired) electrons. The number of benzene rings is 2. The summed E-state index contributed by atoms with van der Waals surface area (Å²) >= 11 is 0. The van der Waals surface area contributed by atoms with Gasteiger partial charge in [0.05, 0.1) is 6.10 Å². The van der Waals surface area contributed by atoms with Gasteiger partial charge in [0.15, 0.2) is 6.61 Å². The fourth-order valence-corrected chi connectivity index (χ4v) is 1.72. The number of ether oxygens (including phenoxy) is 1. The van der Waals surface area contributed by atoms with Crippen LogP contribution in [0.15, 0.2) is 42.5 Å². The van der Waals surface area contributed by atoms with Crippen LogP contribution in [0.1, 0.15) is 6.92 Å². The van der Waals surface area contributed by atoms with Crippen molar-refractivity contribution in [3.63, 3.8) is 0 Å². The normalized spacial score (nSPS) is 12.1. The highest BCUT2D eigenvalue weighted by Gasteiger charge is 2.04. The van der Waals surface area contributed by atoms with Crippen LogP contribution in [0, 0.1) is 0 Å². The molecule has 4 heteroatoms. The van der Waals surface area contributed by atoms with Gasteiger partial charge in [-0.3, -0.25) is 4.79 Å². The van der Waals surface area contributed by atoms with E-state index in [1.54, 1.807) is 6.92 Å². The van der Waals surface area contributed by atoms with Gasteiger partial charge in [0, 0.05) is 6.54 Å². The lowest BCUT2D eigenvalue weighted by Crippen LogP contribution is -2.34. The monoisotopic (exact) mass is 259 g/mol. The van der Waals surface area contributed by atoms with Gasteiger partial charge in [-0.1, -0.05) is 30.3 Å². The predicted molar refractivity (Wildman–Crippen MR) is 74.1 cm³/mol. The molecule has 1 atom stereocenters. The summed E-state index contributed by atoms with van der Waals surface area (Å²) in [6.07, 6.45) is -0.551. The number of carbonyl (C=O) groups is 1. The third-order valence-corrected chi connectivity index (χ3v) is 2.69. The van der Waals surface area contributed by atoms with Gasteiger partial charge >= 0.3 is 0 Å². The van der Waals surface area contributed by atoms with Gasteiger partial charge in [0.1, 0.15) is 5.75 Å². The fraction of sp³-hybridized carbons (Fsp3) is 0.267. The van der Waals surface area contributed by atoms with Crippen LogP contribution >= 0.6 is 0 Å². The first-order chi connectivity index (χ1) is 9.15. The van der Waals surface area contributed by atoms with E-state index in [2.05, 4.69) is 5.32 Å². The number of aliphatic hydroxyl groups is 1. The number of hydrogen-bond donors (Lipinski definition) is 2. The summed E-state index contributed by atoms with van der Waals surface area (Å²) in [5.74, 6) is 0.417. The highest BCUT2D eigenvalue weighted by Crippen LogP contribution is 2.20. The first kappa shape index (κ1) is 13.4. The molecule has 0 aliphatic rings. The minimum Gasteiger partial charge on any atom is -0.484 e. The molecule has 1 amide bonds. The SMILES string of the molecule is CC(O)CNC(=O)COc1ccc2ccccc2c1. The Labute approximate surface area is 112 Å². The number of fused-ring (bicyclic) bond motifs is 1. The van der Waals surface area contributed by atoms with Crippen LogP contribution in [0.5, 0.6) is 5.75 Å². The van der Waals surface area contributed by atoms with E-state index < -0.39 is 6.10 Å². The number of amides is 1. The van der Waals surface area contributed by atoms with Crippen molar-refractivity contribution in [2.75, 3.05) is 13.2 Å². The van der Waals surface area contributed by atoms with Gasteiger partial charge in [0.25, 0.3) is 5.91 Å². The molecule has 0 bridgehead atoms. The molecule has 0 saturated carbocycles. The van der Waals surface area contributed by atoms with E-state index in [1.807, 2.05) is 42.5 Å². The van der Waals surface area contributed by atoms with E-state index in [4.69, 9.17) is 9.84 Å². The van der Waals surface area contributed by atoms with Crippen LogP contribution in [-0.4, -0.2) is 30.3 Å². The van der Waals surface area contributed by atoms with Crippen molar-refractivity contribution in [2.24, 2.45) is 0 Å². The summed E-state index contributed by atoms with van der Waals surface area (Å²) in [7, 11) is 0. The highest BCUT2D eigenvalue weighted by atomic mass is 16.5. The maximum absolute atomic E-state index is 11.4. The van der Waals surface area contributed by atoms with Crippen molar-refractivity contribution in [3.05, 3.63) is 42.5 Å². The Kier molecular flexibility index (Phi) is 4.36. The Hall–Kier alpha value is -2.07. The van der Waals surface area contributed by atoms with Crippen LogP contribution in [-0.2, 0) is 4.79 Å². The van der Waals surface area contributed by atoms with Crippen molar-refractivity contribution in [3.8, 4) is 5.75 Å². The van der Waals surface area contributed by atoms with Gasteiger partial charge in [-0.05, 0) is 29.8 Å². The topological polar surface area (TPSA) is 58.6 Å². The Morgan fingerprint density at radius 1 is 1.26 bits per heavy atom. The van der Waals surface area contributed by atoms with Crippen LogP contribution in [0.25, 0.3) is 10.8 Å². The summed E-state index contributed by atoms with van der Waals surface area (Å²) in [6, 6.07) is 13.7. The van der Waals surface area contributed by atoms with Crippen LogP contribution in [0.3, 0.4) is 0 Å². The van der Waals surface area contributed by atoms with Crippen LogP contribution < -0.4 is 10.1 Å². The van der Waals surface area contributed by atoms with Gasteiger partial charge in [0.2, 0.25) is 0 Å². The maximum atomic E-state index is 11.4. The smallest absolute Gasteiger partial charge is 0.258 e. The summed E-state index contributed by atoms with van der Waals surface area (Å²) < 4.78 is 5.41. The summed E-state index contributed by atoms with van der Waals surface area (Å²) in [6.45, 7) is 1.80. The van der Waals surface area contributed by atoms with E-state index >= 15 is 0 Å². The van der Waals surface area contributed by atoms with E-state index in [0.29, 0.717) is 5.75 Å². The first-order valence-corrected chi connectivity index (χ1v) is 6.21. The van der Waals surface area contributed by atoms with Crippen LogP contribution in [0.4, 0.5) is 0 Å². The summed E-state index contributed by atoms with van der Waals surface area (Å²) in [4.78, 5) is 11.4. The van der Waals surface area contributed by atoms with Crippen LogP contribution in [0.2, 0.25) is 0 Å². The molecule has 1 unspecified atom stereocenters. The molecule has 2 rings (SSSR count). The number of carbonyl (C=O) groups excluding carboxylic acids is 1. The molecule has 2 N–H and O–H groups in total. The Morgan fingerprint density at radius 2 is 2.00 bits per heavy atom. The number of hydrogen-bond acceptors (Lipinski definition) is 3. The average Bonchev–Trinajstić information content (AvgIpc) is 2.42. The van der Waals surface area contributed by atoms with Crippen molar-refractivity contribution >= 4 is 16.7 Å². The molecular weight excluding hydrogens is 242 g/mol. The molecule has 19 heavy (non-hydrogen) atoms. The molecule has 2 aromatic carbocycles. The van der Waals surface area contributed by atoms with Gasteiger partial charge in [-0.15, -0.1) is 0 Å². The molecule has 4 nitrogen and oxygen atoms in total. The highest BCUT2D eigenvalue weighted by molar-refractivity contribution is 5.84. The second kappa shape index (κ2) is 6.20. The number of aliphatic hydroxyl groups excluding tert-OH is 1. The minimum absolute atomic E-state index is 0.0505. The molecule has 0 aliphatic heterocycles. The molecule has 0 aromatic heterocycles. The molecule has 0 heterocycles. The Bertz CT molecular complexity index is 566. The molecule has 2 aromatic rings. The molecule has 0 aliphatic carbocycles. The van der Waals surface area contributed by atoms with Crippen molar-refractivity contribution < 1.29 is 14.6 Å². The zero-order valence-corrected chi connectivity index (χ0v) is 10.8. The molecule has 0 saturated heterocycles. The lowest BCUT2D eigenvalue weighted by Gasteiger charge is -2.09. The molecule has 0 fully saturated rings. The van der Waals surface area contributed by atoms with E-state index in [0.717, 1.165) is 10.8 Å². The minimum atomic E-state index is -0.551. The number of rotatable bonds is 5. The molecular formula is C15H17NO3. The largest absolute Gasteiger partial charge is 0.484 e. The van der Waals surface area contributed by atoms with Gasteiger partial charge < -0.3 is 15.2 Å². The lowest BCUT2D eigenvalue weighted by molar-refractivity contribution is -0.123. The second-order valence-electron chi connectivity index (χ2n) is 4.45. The number of nitrogens with one attached hydrogen (secondary N) is 1. The molecule has 0 spiro atoms. The average molecular weight is 259 g/mol.